The lowest BCUT2D eigenvalue weighted by Crippen LogP contribution is -2.11. The second-order valence-corrected chi connectivity index (χ2v) is 6.70. The highest BCUT2D eigenvalue weighted by Gasteiger charge is 2.12. The Hall–Kier alpha value is -3.91. The van der Waals surface area contributed by atoms with Crippen molar-refractivity contribution in [3.63, 3.8) is 0 Å². The zero-order valence-electron chi connectivity index (χ0n) is 15.0. The van der Waals surface area contributed by atoms with Crippen LogP contribution >= 0.6 is 11.6 Å². The predicted octanol–water partition coefficient (Wildman–Crippen LogP) is 3.69. The van der Waals surface area contributed by atoms with Crippen molar-refractivity contribution in [2.75, 3.05) is 5.32 Å². The van der Waals surface area contributed by atoms with Crippen LogP contribution in [0.4, 0.5) is 11.6 Å². The van der Waals surface area contributed by atoms with E-state index in [1.54, 1.807) is 27.8 Å². The van der Waals surface area contributed by atoms with Crippen LogP contribution in [-0.2, 0) is 0 Å². The fraction of sp³-hybridized carbons (Fsp3) is 0. The van der Waals surface area contributed by atoms with Crippen LogP contribution in [0.1, 0.15) is 0 Å². The second kappa shape index (κ2) is 6.92. The van der Waals surface area contributed by atoms with Crippen LogP contribution in [-0.4, -0.2) is 29.5 Å². The summed E-state index contributed by atoms with van der Waals surface area (Å²) >= 11 is 6.23. The van der Waals surface area contributed by atoms with E-state index in [1.807, 2.05) is 48.5 Å². The quantitative estimate of drug-likeness (QED) is 0.477. The van der Waals surface area contributed by atoms with E-state index in [9.17, 15) is 4.79 Å². The number of hydrogen-bond donors (Lipinski definition) is 2. The zero-order chi connectivity index (χ0) is 19.8. The molecule has 0 aliphatic carbocycles. The number of nitrogens with one attached hydrogen (secondary N) is 2. The normalized spacial score (nSPS) is 11.1. The van der Waals surface area contributed by atoms with E-state index in [-0.39, 0.29) is 5.56 Å². The van der Waals surface area contributed by atoms with Crippen molar-refractivity contribution >= 4 is 34.3 Å². The summed E-state index contributed by atoms with van der Waals surface area (Å²) in [6, 6.07) is 16.9. The maximum atomic E-state index is 12.5. The van der Waals surface area contributed by atoms with Crippen molar-refractivity contribution in [3.8, 4) is 11.4 Å². The maximum absolute atomic E-state index is 12.5. The molecule has 29 heavy (non-hydrogen) atoms. The van der Waals surface area contributed by atoms with Crippen molar-refractivity contribution in [1.29, 1.82) is 0 Å². The van der Waals surface area contributed by atoms with Gasteiger partial charge in [0.1, 0.15) is 5.39 Å². The number of halogens is 1. The lowest BCUT2D eigenvalue weighted by atomic mass is 10.3. The van der Waals surface area contributed by atoms with Gasteiger partial charge in [0.25, 0.3) is 5.56 Å². The molecule has 8 nitrogen and oxygen atoms in total. The van der Waals surface area contributed by atoms with Crippen molar-refractivity contribution < 1.29 is 0 Å². The first-order valence-electron chi connectivity index (χ1n) is 8.79. The van der Waals surface area contributed by atoms with Gasteiger partial charge in [0.05, 0.1) is 40.7 Å². The van der Waals surface area contributed by atoms with Crippen LogP contribution in [0.3, 0.4) is 0 Å². The summed E-state index contributed by atoms with van der Waals surface area (Å²) in [6.07, 6.45) is 4.90. The summed E-state index contributed by atoms with van der Waals surface area (Å²) in [4.78, 5) is 19.7. The third-order valence-electron chi connectivity index (χ3n) is 4.38. The van der Waals surface area contributed by atoms with Crippen molar-refractivity contribution in [2.45, 2.75) is 0 Å². The zero-order valence-corrected chi connectivity index (χ0v) is 15.7. The fourth-order valence-corrected chi connectivity index (χ4v) is 3.25. The molecular weight excluding hydrogens is 390 g/mol. The first-order chi connectivity index (χ1) is 14.2. The number of rotatable bonds is 4. The molecule has 0 fully saturated rings. The number of nitrogens with zero attached hydrogens (tertiary/aromatic N) is 5. The van der Waals surface area contributed by atoms with Crippen LogP contribution in [0.5, 0.6) is 0 Å². The average molecular weight is 404 g/mol. The minimum absolute atomic E-state index is 0.279. The van der Waals surface area contributed by atoms with Crippen molar-refractivity contribution in [1.82, 2.24) is 29.5 Å². The molecule has 0 saturated heterocycles. The van der Waals surface area contributed by atoms with E-state index >= 15 is 0 Å². The summed E-state index contributed by atoms with van der Waals surface area (Å²) in [5.74, 6) is 0.291. The Morgan fingerprint density at radius 2 is 1.76 bits per heavy atom. The molecule has 5 aromatic rings. The highest BCUT2D eigenvalue weighted by molar-refractivity contribution is 6.32. The molecule has 2 N–H and O–H groups in total. The monoisotopic (exact) mass is 403 g/mol. The Kier molecular flexibility index (Phi) is 4.10. The van der Waals surface area contributed by atoms with Crippen LogP contribution in [0.25, 0.3) is 22.4 Å². The molecule has 3 heterocycles. The van der Waals surface area contributed by atoms with Gasteiger partial charge in [-0.25, -0.2) is 9.36 Å². The molecule has 2 aromatic carbocycles. The summed E-state index contributed by atoms with van der Waals surface area (Å²) in [5, 5.41) is 12.7. The standard InChI is InChI=1S/C20H14ClN7O/c21-16-8-4-5-9-17(16)27-12-13(10-22-27)24-20-25-18-15(19(29)26-20)11-23-28(18)14-6-2-1-3-7-14/h1-12H,(H2,24,25,26,29). The number of aromatic nitrogens is 6. The molecular formula is C20H14ClN7O. The van der Waals surface area contributed by atoms with Crippen molar-refractivity contribution in [2.24, 2.45) is 0 Å². The molecule has 0 unspecified atom stereocenters. The van der Waals surface area contributed by atoms with Gasteiger partial charge in [-0.2, -0.15) is 15.2 Å². The SMILES string of the molecule is O=c1[nH]c(Nc2cnn(-c3ccccc3Cl)c2)nc2c1cnn2-c1ccccc1. The molecule has 0 amide bonds. The third-order valence-corrected chi connectivity index (χ3v) is 4.70. The molecule has 5 rings (SSSR count). The number of aromatic amines is 1. The summed E-state index contributed by atoms with van der Waals surface area (Å²) in [5.41, 5.74) is 2.40. The largest absolute Gasteiger partial charge is 0.323 e. The predicted molar refractivity (Wildman–Crippen MR) is 111 cm³/mol. The maximum Gasteiger partial charge on any atom is 0.263 e. The van der Waals surface area contributed by atoms with Gasteiger partial charge in [-0.15, -0.1) is 0 Å². The molecule has 0 spiro atoms. The molecule has 3 aromatic heterocycles. The average Bonchev–Trinajstić information content (AvgIpc) is 3.36. The number of fused-ring (bicyclic) bond motifs is 1. The van der Waals surface area contributed by atoms with Gasteiger partial charge in [-0.3, -0.25) is 9.78 Å². The molecule has 0 radical (unpaired) electrons. The first-order valence-corrected chi connectivity index (χ1v) is 9.17. The smallest absolute Gasteiger partial charge is 0.263 e. The van der Waals surface area contributed by atoms with Crippen LogP contribution in [0.15, 0.2) is 78.0 Å². The number of anilines is 2. The number of H-pyrrole nitrogens is 1. The topological polar surface area (TPSA) is 93.4 Å². The molecule has 0 saturated carbocycles. The Morgan fingerprint density at radius 1 is 0.966 bits per heavy atom. The summed E-state index contributed by atoms with van der Waals surface area (Å²) in [7, 11) is 0. The second-order valence-electron chi connectivity index (χ2n) is 6.29. The highest BCUT2D eigenvalue weighted by Crippen LogP contribution is 2.22. The van der Waals surface area contributed by atoms with Gasteiger partial charge in [0.2, 0.25) is 5.95 Å². The number of benzene rings is 2. The van der Waals surface area contributed by atoms with Gasteiger partial charge in [-0.1, -0.05) is 41.9 Å². The summed E-state index contributed by atoms with van der Waals surface area (Å²) < 4.78 is 3.28. The number of hydrogen-bond acceptors (Lipinski definition) is 5. The first kappa shape index (κ1) is 17.2. The Balaban J connectivity index is 1.52. The Labute approximate surface area is 169 Å². The number of para-hydroxylation sites is 2. The van der Waals surface area contributed by atoms with E-state index in [0.717, 1.165) is 11.4 Å². The molecule has 9 heteroatoms. The molecule has 0 aliphatic rings. The van der Waals surface area contributed by atoms with Gasteiger partial charge in [-0.05, 0) is 24.3 Å². The van der Waals surface area contributed by atoms with Crippen LogP contribution in [0, 0.1) is 0 Å². The highest BCUT2D eigenvalue weighted by atomic mass is 35.5. The lowest BCUT2D eigenvalue weighted by Gasteiger charge is -2.05. The van der Waals surface area contributed by atoms with Gasteiger partial charge in [0.15, 0.2) is 5.65 Å². The Morgan fingerprint density at radius 3 is 2.59 bits per heavy atom. The molecule has 0 bridgehead atoms. The fourth-order valence-electron chi connectivity index (χ4n) is 3.03. The van der Waals surface area contributed by atoms with Gasteiger partial charge >= 0.3 is 0 Å². The molecule has 0 aliphatic heterocycles. The van der Waals surface area contributed by atoms with Crippen LogP contribution in [0.2, 0.25) is 5.02 Å². The van der Waals surface area contributed by atoms with E-state index in [1.165, 1.54) is 6.20 Å². The minimum atomic E-state index is -0.279. The van der Waals surface area contributed by atoms with Gasteiger partial charge < -0.3 is 5.32 Å². The summed E-state index contributed by atoms with van der Waals surface area (Å²) in [6.45, 7) is 0. The van der Waals surface area contributed by atoms with Gasteiger partial charge in [0, 0.05) is 0 Å². The van der Waals surface area contributed by atoms with E-state index in [0.29, 0.717) is 27.7 Å². The third kappa shape index (κ3) is 3.15. The Bertz CT molecular complexity index is 1370. The van der Waals surface area contributed by atoms with E-state index in [4.69, 9.17) is 11.6 Å². The lowest BCUT2D eigenvalue weighted by molar-refractivity contribution is 0.881. The minimum Gasteiger partial charge on any atom is -0.323 e. The molecule has 142 valence electrons. The molecule has 0 atom stereocenters. The van der Waals surface area contributed by atoms with E-state index < -0.39 is 0 Å². The van der Waals surface area contributed by atoms with Crippen LogP contribution < -0.4 is 10.9 Å². The van der Waals surface area contributed by atoms with E-state index in [2.05, 4.69) is 25.5 Å². The van der Waals surface area contributed by atoms with Crippen molar-refractivity contribution in [3.05, 3.63) is 88.6 Å².